The minimum Gasteiger partial charge on any atom is -0.475 e. The fourth-order valence-corrected chi connectivity index (χ4v) is 1.54. The molecule has 0 aromatic carbocycles. The first-order valence-electron chi connectivity index (χ1n) is 6.27. The summed E-state index contributed by atoms with van der Waals surface area (Å²) in [5, 5.41) is 3.22. The third-order valence-corrected chi connectivity index (χ3v) is 2.44. The van der Waals surface area contributed by atoms with Gasteiger partial charge in [0.15, 0.2) is 0 Å². The van der Waals surface area contributed by atoms with Gasteiger partial charge >= 0.3 is 0 Å². The lowest BCUT2D eigenvalue weighted by molar-refractivity contribution is 0.232. The molecule has 0 saturated carbocycles. The quantitative estimate of drug-likeness (QED) is 0.893. The largest absolute Gasteiger partial charge is 0.475 e. The minimum atomic E-state index is 0.101. The van der Waals surface area contributed by atoms with Gasteiger partial charge in [-0.05, 0) is 32.4 Å². The monoisotopic (exact) mass is 258 g/mol. The molecule has 0 atom stereocenters. The molecule has 2 rings (SSSR count). The summed E-state index contributed by atoms with van der Waals surface area (Å²) in [7, 11) is 0. The molecular formula is C14H18N4O. The standard InChI is InChI=1S/C14H18N4O/c1-10(2)19-14-6-13(17-9-18-14)16-8-12-5-4-11(3)15-7-12/h4-7,9-10H,8H2,1-3H3,(H,16,17,18). The summed E-state index contributed by atoms with van der Waals surface area (Å²) in [4.78, 5) is 12.5. The highest BCUT2D eigenvalue weighted by Crippen LogP contribution is 2.13. The van der Waals surface area contributed by atoms with Gasteiger partial charge in [0.05, 0.1) is 6.10 Å². The van der Waals surface area contributed by atoms with Crippen LogP contribution in [-0.4, -0.2) is 21.1 Å². The number of pyridine rings is 1. The van der Waals surface area contributed by atoms with Crippen molar-refractivity contribution >= 4 is 5.82 Å². The lowest BCUT2D eigenvalue weighted by Gasteiger charge is -2.10. The lowest BCUT2D eigenvalue weighted by atomic mass is 10.2. The molecular weight excluding hydrogens is 240 g/mol. The molecule has 0 radical (unpaired) electrons. The third kappa shape index (κ3) is 4.21. The number of ether oxygens (including phenoxy) is 1. The second kappa shape index (κ2) is 6.13. The van der Waals surface area contributed by atoms with Crippen LogP contribution in [0.1, 0.15) is 25.1 Å². The van der Waals surface area contributed by atoms with Gasteiger partial charge in [0.1, 0.15) is 12.1 Å². The average molecular weight is 258 g/mol. The molecule has 0 bridgehead atoms. The van der Waals surface area contributed by atoms with E-state index in [1.54, 1.807) is 6.07 Å². The van der Waals surface area contributed by atoms with Crippen LogP contribution in [0.25, 0.3) is 0 Å². The van der Waals surface area contributed by atoms with E-state index in [9.17, 15) is 0 Å². The topological polar surface area (TPSA) is 59.9 Å². The van der Waals surface area contributed by atoms with Crippen LogP contribution >= 0.6 is 0 Å². The van der Waals surface area contributed by atoms with Gasteiger partial charge in [-0.25, -0.2) is 9.97 Å². The SMILES string of the molecule is Cc1ccc(CNc2cc(OC(C)C)ncn2)cn1. The molecule has 2 aromatic heterocycles. The first-order chi connectivity index (χ1) is 9.13. The van der Waals surface area contributed by atoms with E-state index in [2.05, 4.69) is 20.3 Å². The van der Waals surface area contributed by atoms with E-state index in [1.165, 1.54) is 6.33 Å². The van der Waals surface area contributed by atoms with Gasteiger partial charge < -0.3 is 10.1 Å². The van der Waals surface area contributed by atoms with E-state index >= 15 is 0 Å². The van der Waals surface area contributed by atoms with Gasteiger partial charge in [-0.15, -0.1) is 0 Å². The van der Waals surface area contributed by atoms with E-state index in [4.69, 9.17) is 4.74 Å². The van der Waals surface area contributed by atoms with Crippen molar-refractivity contribution < 1.29 is 4.74 Å². The predicted molar refractivity (Wildman–Crippen MR) is 74.1 cm³/mol. The number of rotatable bonds is 5. The van der Waals surface area contributed by atoms with Crippen molar-refractivity contribution in [3.05, 3.63) is 42.0 Å². The number of hydrogen-bond acceptors (Lipinski definition) is 5. The number of hydrogen-bond donors (Lipinski definition) is 1. The van der Waals surface area contributed by atoms with Gasteiger partial charge in [0.2, 0.25) is 5.88 Å². The van der Waals surface area contributed by atoms with Gasteiger partial charge in [-0.2, -0.15) is 0 Å². The summed E-state index contributed by atoms with van der Waals surface area (Å²) in [5.74, 6) is 1.32. The van der Waals surface area contributed by atoms with E-state index in [1.807, 2.05) is 39.1 Å². The minimum absolute atomic E-state index is 0.101. The van der Waals surface area contributed by atoms with Gasteiger partial charge in [-0.1, -0.05) is 6.07 Å². The molecule has 5 heteroatoms. The van der Waals surface area contributed by atoms with Crippen molar-refractivity contribution in [2.75, 3.05) is 5.32 Å². The fraction of sp³-hybridized carbons (Fsp3) is 0.357. The number of nitrogens with one attached hydrogen (secondary N) is 1. The van der Waals surface area contributed by atoms with E-state index in [0.717, 1.165) is 17.1 Å². The fourth-order valence-electron chi connectivity index (χ4n) is 1.54. The Bertz CT molecular complexity index is 525. The zero-order valence-corrected chi connectivity index (χ0v) is 11.4. The smallest absolute Gasteiger partial charge is 0.218 e. The maximum absolute atomic E-state index is 5.52. The van der Waals surface area contributed by atoms with Crippen molar-refractivity contribution in [3.63, 3.8) is 0 Å². The van der Waals surface area contributed by atoms with Crippen molar-refractivity contribution in [2.24, 2.45) is 0 Å². The van der Waals surface area contributed by atoms with Crippen LogP contribution in [0.2, 0.25) is 0 Å². The van der Waals surface area contributed by atoms with Crippen LogP contribution in [-0.2, 0) is 6.54 Å². The van der Waals surface area contributed by atoms with Gasteiger partial charge in [0.25, 0.3) is 0 Å². The second-order valence-electron chi connectivity index (χ2n) is 4.57. The highest BCUT2D eigenvalue weighted by Gasteiger charge is 2.02. The van der Waals surface area contributed by atoms with Crippen LogP contribution in [0.5, 0.6) is 5.88 Å². The molecule has 1 N–H and O–H groups in total. The molecule has 0 amide bonds. The average Bonchev–Trinajstić information content (AvgIpc) is 2.38. The van der Waals surface area contributed by atoms with E-state index in [-0.39, 0.29) is 6.10 Å². The summed E-state index contributed by atoms with van der Waals surface area (Å²) in [5.41, 5.74) is 2.12. The summed E-state index contributed by atoms with van der Waals surface area (Å²) >= 11 is 0. The summed E-state index contributed by atoms with van der Waals surface area (Å²) in [6, 6.07) is 5.83. The Morgan fingerprint density at radius 2 is 2.05 bits per heavy atom. The molecule has 0 aliphatic carbocycles. The summed E-state index contributed by atoms with van der Waals surface area (Å²) < 4.78 is 5.52. The zero-order valence-electron chi connectivity index (χ0n) is 11.4. The van der Waals surface area contributed by atoms with Gasteiger partial charge in [0, 0.05) is 24.5 Å². The molecule has 0 aliphatic heterocycles. The maximum Gasteiger partial charge on any atom is 0.218 e. The van der Waals surface area contributed by atoms with Crippen molar-refractivity contribution in [3.8, 4) is 5.88 Å². The first-order valence-corrected chi connectivity index (χ1v) is 6.27. The van der Waals surface area contributed by atoms with Crippen LogP contribution in [0.4, 0.5) is 5.82 Å². The van der Waals surface area contributed by atoms with Crippen LogP contribution in [0, 0.1) is 6.92 Å². The molecule has 100 valence electrons. The molecule has 0 spiro atoms. The molecule has 2 heterocycles. The Morgan fingerprint density at radius 3 is 2.74 bits per heavy atom. The number of anilines is 1. The Balaban J connectivity index is 1.97. The Kier molecular flexibility index (Phi) is 4.28. The van der Waals surface area contributed by atoms with Crippen LogP contribution in [0.3, 0.4) is 0 Å². The summed E-state index contributed by atoms with van der Waals surface area (Å²) in [6.07, 6.45) is 3.45. The predicted octanol–water partition coefficient (Wildman–Crippen LogP) is 2.58. The molecule has 2 aromatic rings. The summed E-state index contributed by atoms with van der Waals surface area (Å²) in [6.45, 7) is 6.57. The highest BCUT2D eigenvalue weighted by atomic mass is 16.5. The van der Waals surface area contributed by atoms with E-state index in [0.29, 0.717) is 12.4 Å². The first kappa shape index (κ1) is 13.3. The zero-order chi connectivity index (χ0) is 13.7. The molecule has 0 fully saturated rings. The molecule has 0 aliphatic rings. The second-order valence-corrected chi connectivity index (χ2v) is 4.57. The van der Waals surface area contributed by atoms with Crippen LogP contribution < -0.4 is 10.1 Å². The molecule has 19 heavy (non-hydrogen) atoms. The Morgan fingerprint density at radius 1 is 1.21 bits per heavy atom. The van der Waals surface area contributed by atoms with Crippen molar-refractivity contribution in [1.29, 1.82) is 0 Å². The number of nitrogens with zero attached hydrogens (tertiary/aromatic N) is 3. The van der Waals surface area contributed by atoms with Crippen molar-refractivity contribution in [1.82, 2.24) is 15.0 Å². The maximum atomic E-state index is 5.52. The van der Waals surface area contributed by atoms with E-state index < -0.39 is 0 Å². The molecule has 0 unspecified atom stereocenters. The third-order valence-electron chi connectivity index (χ3n) is 2.44. The van der Waals surface area contributed by atoms with Gasteiger partial charge in [-0.3, -0.25) is 4.98 Å². The van der Waals surface area contributed by atoms with Crippen LogP contribution in [0.15, 0.2) is 30.7 Å². The Hall–Kier alpha value is -2.17. The molecule has 5 nitrogen and oxygen atoms in total. The number of aryl methyl sites for hydroxylation is 1. The Labute approximate surface area is 113 Å². The lowest BCUT2D eigenvalue weighted by Crippen LogP contribution is -2.08. The number of aromatic nitrogens is 3. The molecule has 0 saturated heterocycles. The van der Waals surface area contributed by atoms with Crippen molar-refractivity contribution in [2.45, 2.75) is 33.4 Å². The normalized spacial score (nSPS) is 10.5. The highest BCUT2D eigenvalue weighted by molar-refractivity contribution is 5.38.